The van der Waals surface area contributed by atoms with Crippen LogP contribution in [0.1, 0.15) is 64.9 Å². The summed E-state index contributed by atoms with van der Waals surface area (Å²) in [4.78, 5) is 23.2. The quantitative estimate of drug-likeness (QED) is 0.703. The molecule has 9 atom stereocenters. The lowest BCUT2D eigenvalue weighted by molar-refractivity contribution is -0.575. The fraction of sp³-hybridized carbons (Fsp3) is 0.708. The highest BCUT2D eigenvalue weighted by atomic mass is 17.3. The zero-order valence-electron chi connectivity index (χ0n) is 18.6. The third-order valence-electron chi connectivity index (χ3n) is 8.10. The predicted molar refractivity (Wildman–Crippen MR) is 110 cm³/mol. The monoisotopic (exact) mass is 432 g/mol. The summed E-state index contributed by atoms with van der Waals surface area (Å²) in [5.74, 6) is -0.448. The Bertz CT molecular complexity index is 841. The molecule has 0 radical (unpaired) electrons. The minimum atomic E-state index is -0.847. The van der Waals surface area contributed by atoms with Crippen LogP contribution >= 0.6 is 0 Å². The van der Waals surface area contributed by atoms with Gasteiger partial charge in [-0.3, -0.25) is 4.79 Å². The molecule has 5 aliphatic rings. The van der Waals surface area contributed by atoms with Crippen LogP contribution in [-0.2, 0) is 24.0 Å². The van der Waals surface area contributed by atoms with E-state index in [1.807, 2.05) is 19.1 Å². The van der Waals surface area contributed by atoms with Gasteiger partial charge in [0.15, 0.2) is 11.9 Å². The average Bonchev–Trinajstić information content (AvgIpc) is 2.98. The number of benzene rings is 1. The van der Waals surface area contributed by atoms with Crippen LogP contribution in [0.15, 0.2) is 24.3 Å². The van der Waals surface area contributed by atoms with Crippen LogP contribution in [-0.4, -0.2) is 35.0 Å². The Morgan fingerprint density at radius 3 is 2.58 bits per heavy atom. The lowest BCUT2D eigenvalue weighted by atomic mass is 9.58. The van der Waals surface area contributed by atoms with E-state index in [1.165, 1.54) is 0 Å². The summed E-state index contributed by atoms with van der Waals surface area (Å²) in [6, 6.07) is 7.21. The number of carboxylic acids is 1. The molecule has 4 saturated heterocycles. The fourth-order valence-electron chi connectivity index (χ4n) is 6.12. The maximum Gasteiger partial charge on any atom is 0.310 e. The molecule has 31 heavy (non-hydrogen) atoms. The van der Waals surface area contributed by atoms with Crippen LogP contribution < -0.4 is 4.74 Å². The summed E-state index contributed by atoms with van der Waals surface area (Å²) in [5.41, 5.74) is 0.136. The number of aliphatic carboxylic acids is 1. The topological polar surface area (TPSA) is 83.5 Å². The minimum absolute atomic E-state index is 0.0820. The van der Waals surface area contributed by atoms with E-state index < -0.39 is 35.9 Å². The summed E-state index contributed by atoms with van der Waals surface area (Å²) in [6.45, 7) is 8.03. The van der Waals surface area contributed by atoms with E-state index in [9.17, 15) is 9.90 Å². The second-order valence-electron chi connectivity index (χ2n) is 10.0. The molecule has 4 aliphatic heterocycles. The van der Waals surface area contributed by atoms with Crippen LogP contribution in [0.2, 0.25) is 0 Å². The van der Waals surface area contributed by atoms with Crippen molar-refractivity contribution in [3.05, 3.63) is 29.8 Å². The van der Waals surface area contributed by atoms with Crippen LogP contribution in [0, 0.1) is 23.7 Å². The molecule has 1 spiro atoms. The van der Waals surface area contributed by atoms with Gasteiger partial charge in [0.05, 0.1) is 5.92 Å². The van der Waals surface area contributed by atoms with Gasteiger partial charge in [-0.15, -0.1) is 0 Å². The van der Waals surface area contributed by atoms with Gasteiger partial charge >= 0.3 is 5.97 Å². The van der Waals surface area contributed by atoms with Gasteiger partial charge in [0.2, 0.25) is 12.1 Å². The predicted octanol–water partition coefficient (Wildman–Crippen LogP) is 4.46. The molecule has 1 aliphatic carbocycles. The number of ether oxygens (including phenoxy) is 3. The summed E-state index contributed by atoms with van der Waals surface area (Å²) < 4.78 is 19.1. The molecule has 7 nitrogen and oxygen atoms in total. The number of hydrogen-bond acceptors (Lipinski definition) is 6. The zero-order valence-corrected chi connectivity index (χ0v) is 18.6. The number of carbonyl (C=O) groups is 1. The Kier molecular flexibility index (Phi) is 5.09. The third-order valence-corrected chi connectivity index (χ3v) is 8.10. The number of rotatable bonds is 4. The maximum atomic E-state index is 11.2. The third kappa shape index (κ3) is 3.28. The summed E-state index contributed by atoms with van der Waals surface area (Å²) in [5, 5.41) is 9.22. The molecule has 6 rings (SSSR count). The molecule has 7 heteroatoms. The summed E-state index contributed by atoms with van der Waals surface area (Å²) in [6.07, 6.45) is 2.90. The molecular formula is C24H32O7. The second kappa shape index (κ2) is 7.44. The van der Waals surface area contributed by atoms with Crippen molar-refractivity contribution in [2.75, 3.05) is 0 Å². The Hall–Kier alpha value is -1.67. The average molecular weight is 433 g/mol. The fourth-order valence-corrected chi connectivity index (χ4v) is 6.12. The number of fused-ring (bicyclic) bond motifs is 2. The van der Waals surface area contributed by atoms with Crippen molar-refractivity contribution < 1.29 is 33.9 Å². The Morgan fingerprint density at radius 1 is 1.13 bits per heavy atom. The second-order valence-corrected chi connectivity index (χ2v) is 10.0. The maximum absolute atomic E-state index is 11.2. The van der Waals surface area contributed by atoms with E-state index in [0.717, 1.165) is 31.2 Å². The molecule has 1 saturated carbocycles. The van der Waals surface area contributed by atoms with E-state index in [0.29, 0.717) is 17.6 Å². The molecule has 0 unspecified atom stereocenters. The Labute approximate surface area is 182 Å². The number of hydrogen-bond donors (Lipinski definition) is 1. The molecule has 4 heterocycles. The van der Waals surface area contributed by atoms with Gasteiger partial charge in [-0.05, 0) is 62.6 Å². The van der Waals surface area contributed by atoms with Crippen LogP contribution in [0.25, 0.3) is 0 Å². The smallest absolute Gasteiger partial charge is 0.310 e. The summed E-state index contributed by atoms with van der Waals surface area (Å²) in [7, 11) is 0. The van der Waals surface area contributed by atoms with Gasteiger partial charge in [-0.2, -0.15) is 0 Å². The summed E-state index contributed by atoms with van der Waals surface area (Å²) >= 11 is 0. The first-order valence-corrected chi connectivity index (χ1v) is 11.4. The normalized spacial score (nSPS) is 44.8. The van der Waals surface area contributed by atoms with E-state index >= 15 is 0 Å². The standard InChI is InChI=1S/C24H32O7/c1-13-5-10-19-15(3)21(27-17-8-6-16(7-9-17)14(2)20(25)26)28-22-24(19)18(13)11-12-23(4,29-22)30-31-24/h6-9,13-15,18-19,21-22H,5,10-12H2,1-4H3,(H,25,26)/t13-,14-,15-,18+,19+,21+,22-,23-,24-/m1/s1. The molecule has 1 aromatic rings. The van der Waals surface area contributed by atoms with Crippen LogP contribution in [0.3, 0.4) is 0 Å². The molecule has 5 fully saturated rings. The van der Waals surface area contributed by atoms with Gasteiger partial charge < -0.3 is 19.3 Å². The molecule has 0 amide bonds. The van der Waals surface area contributed by atoms with E-state index in [1.54, 1.807) is 19.1 Å². The first kappa shape index (κ1) is 21.2. The lowest BCUT2D eigenvalue weighted by Crippen LogP contribution is -2.70. The SMILES string of the molecule is C[C@H]1[C@@H](Oc2ccc([C@@H](C)C(=O)O)cc2)O[C@@H]2O[C@@]3(C)CC[C@H]4[C@H](C)CC[C@@H]1[C@@]24OO3. The van der Waals surface area contributed by atoms with Crippen molar-refractivity contribution in [2.24, 2.45) is 23.7 Å². The molecule has 1 N–H and O–H groups in total. The lowest BCUT2D eigenvalue weighted by Gasteiger charge is -2.60. The Balaban J connectivity index is 1.40. The van der Waals surface area contributed by atoms with Crippen molar-refractivity contribution in [3.8, 4) is 5.75 Å². The largest absolute Gasteiger partial charge is 0.481 e. The minimum Gasteiger partial charge on any atom is -0.481 e. The van der Waals surface area contributed by atoms with Crippen molar-refractivity contribution >= 4 is 5.97 Å². The van der Waals surface area contributed by atoms with Crippen molar-refractivity contribution in [2.45, 2.75) is 83.3 Å². The molecule has 170 valence electrons. The van der Waals surface area contributed by atoms with E-state index in [2.05, 4.69) is 13.8 Å². The number of carboxylic acid groups (broad SMARTS) is 1. The van der Waals surface area contributed by atoms with Crippen LogP contribution in [0.4, 0.5) is 0 Å². The zero-order chi connectivity index (χ0) is 22.0. The highest BCUT2D eigenvalue weighted by Crippen LogP contribution is 2.60. The van der Waals surface area contributed by atoms with Crippen LogP contribution in [0.5, 0.6) is 5.75 Å². The first-order valence-electron chi connectivity index (χ1n) is 11.4. The van der Waals surface area contributed by atoms with Gasteiger partial charge in [0.1, 0.15) is 5.75 Å². The van der Waals surface area contributed by atoms with E-state index in [-0.39, 0.29) is 11.8 Å². The Morgan fingerprint density at radius 2 is 1.87 bits per heavy atom. The van der Waals surface area contributed by atoms with Gasteiger partial charge in [-0.1, -0.05) is 26.0 Å². The molecule has 2 bridgehead atoms. The van der Waals surface area contributed by atoms with E-state index in [4.69, 9.17) is 24.0 Å². The van der Waals surface area contributed by atoms with Gasteiger partial charge in [-0.25, -0.2) is 9.78 Å². The van der Waals surface area contributed by atoms with Crippen molar-refractivity contribution in [1.29, 1.82) is 0 Å². The first-order chi connectivity index (χ1) is 14.7. The van der Waals surface area contributed by atoms with Gasteiger partial charge in [0.25, 0.3) is 0 Å². The highest BCUT2D eigenvalue weighted by Gasteiger charge is 2.69. The van der Waals surface area contributed by atoms with Crippen molar-refractivity contribution in [1.82, 2.24) is 0 Å². The molecular weight excluding hydrogens is 400 g/mol. The molecule has 0 aromatic heterocycles. The van der Waals surface area contributed by atoms with Gasteiger partial charge in [0, 0.05) is 18.3 Å². The molecule has 1 aromatic carbocycles. The van der Waals surface area contributed by atoms with Crippen molar-refractivity contribution in [3.63, 3.8) is 0 Å². The highest BCUT2D eigenvalue weighted by molar-refractivity contribution is 5.75.